The lowest BCUT2D eigenvalue weighted by molar-refractivity contribution is -0.134. The standard InChI is InChI=1S/C14H17ClN2O2S/c15-11-3-5-12(6-4-11)19-9-13(18)17-7-1-2-10(8-17)14(16)20/h3-6,10H,1-2,7-9H2,(H2,16,20). The summed E-state index contributed by atoms with van der Waals surface area (Å²) in [4.78, 5) is 14.4. The van der Waals surface area contributed by atoms with E-state index in [1.807, 2.05) is 0 Å². The van der Waals surface area contributed by atoms with Crippen LogP contribution < -0.4 is 10.5 Å². The van der Waals surface area contributed by atoms with Gasteiger partial charge in [0.2, 0.25) is 0 Å². The normalized spacial score (nSPS) is 18.6. The maximum absolute atomic E-state index is 12.1. The van der Waals surface area contributed by atoms with Gasteiger partial charge in [0, 0.05) is 24.0 Å². The van der Waals surface area contributed by atoms with Crippen molar-refractivity contribution in [3.63, 3.8) is 0 Å². The Labute approximate surface area is 128 Å². The average Bonchev–Trinajstić information content (AvgIpc) is 2.46. The zero-order chi connectivity index (χ0) is 14.5. The van der Waals surface area contributed by atoms with Gasteiger partial charge in [-0.05, 0) is 37.1 Å². The van der Waals surface area contributed by atoms with Crippen molar-refractivity contribution in [1.82, 2.24) is 4.90 Å². The summed E-state index contributed by atoms with van der Waals surface area (Å²) in [6.07, 6.45) is 1.88. The van der Waals surface area contributed by atoms with Crippen molar-refractivity contribution >= 4 is 34.7 Å². The Morgan fingerprint density at radius 3 is 2.80 bits per heavy atom. The number of hydrogen-bond donors (Lipinski definition) is 1. The molecule has 0 spiro atoms. The molecule has 1 aliphatic heterocycles. The molecule has 1 aromatic carbocycles. The summed E-state index contributed by atoms with van der Waals surface area (Å²) in [6.45, 7) is 1.35. The summed E-state index contributed by atoms with van der Waals surface area (Å²) in [7, 11) is 0. The lowest BCUT2D eigenvalue weighted by atomic mass is 9.98. The van der Waals surface area contributed by atoms with Gasteiger partial charge in [0.05, 0.1) is 4.99 Å². The van der Waals surface area contributed by atoms with E-state index in [4.69, 9.17) is 34.3 Å². The van der Waals surface area contributed by atoms with Crippen molar-refractivity contribution in [3.05, 3.63) is 29.3 Å². The minimum Gasteiger partial charge on any atom is -0.484 e. The first-order valence-corrected chi connectivity index (χ1v) is 7.30. The van der Waals surface area contributed by atoms with E-state index in [1.54, 1.807) is 29.2 Å². The SMILES string of the molecule is NC(=S)C1CCCN(C(=O)COc2ccc(Cl)cc2)C1. The number of nitrogens with two attached hydrogens (primary N) is 1. The summed E-state index contributed by atoms with van der Waals surface area (Å²) in [6, 6.07) is 6.93. The van der Waals surface area contributed by atoms with Gasteiger partial charge >= 0.3 is 0 Å². The number of benzene rings is 1. The van der Waals surface area contributed by atoms with Gasteiger partial charge in [-0.3, -0.25) is 4.79 Å². The first-order chi connectivity index (χ1) is 9.56. The fraction of sp³-hybridized carbons (Fsp3) is 0.429. The summed E-state index contributed by atoms with van der Waals surface area (Å²) in [5.74, 6) is 0.713. The molecule has 0 bridgehead atoms. The zero-order valence-corrected chi connectivity index (χ0v) is 12.6. The van der Waals surface area contributed by atoms with Gasteiger partial charge in [-0.25, -0.2) is 0 Å². The number of nitrogens with zero attached hydrogens (tertiary/aromatic N) is 1. The van der Waals surface area contributed by atoms with Gasteiger partial charge < -0.3 is 15.4 Å². The predicted octanol–water partition coefficient (Wildman–Crippen LogP) is 2.24. The lowest BCUT2D eigenvalue weighted by Crippen LogP contribution is -2.45. The third-order valence-electron chi connectivity index (χ3n) is 3.35. The van der Waals surface area contributed by atoms with Crippen LogP contribution in [0.25, 0.3) is 0 Å². The van der Waals surface area contributed by atoms with Crippen LogP contribution in [0.3, 0.4) is 0 Å². The highest BCUT2D eigenvalue weighted by molar-refractivity contribution is 7.80. The highest BCUT2D eigenvalue weighted by atomic mass is 35.5. The summed E-state index contributed by atoms with van der Waals surface area (Å²) in [5, 5.41) is 0.638. The number of halogens is 1. The van der Waals surface area contributed by atoms with Crippen molar-refractivity contribution in [2.24, 2.45) is 11.7 Å². The Morgan fingerprint density at radius 1 is 1.45 bits per heavy atom. The molecular formula is C14H17ClN2O2S. The second kappa shape index (κ2) is 6.90. The quantitative estimate of drug-likeness (QED) is 0.866. The third kappa shape index (κ3) is 4.08. The Hall–Kier alpha value is -1.33. The van der Waals surface area contributed by atoms with Crippen molar-refractivity contribution in [2.75, 3.05) is 19.7 Å². The van der Waals surface area contributed by atoms with E-state index in [1.165, 1.54) is 0 Å². The molecule has 1 saturated heterocycles. The van der Waals surface area contributed by atoms with Gasteiger partial charge in [-0.1, -0.05) is 23.8 Å². The average molecular weight is 313 g/mol. The van der Waals surface area contributed by atoms with Gasteiger partial charge in [0.15, 0.2) is 6.61 Å². The Balaban J connectivity index is 1.85. The highest BCUT2D eigenvalue weighted by Crippen LogP contribution is 2.18. The lowest BCUT2D eigenvalue weighted by Gasteiger charge is -2.32. The van der Waals surface area contributed by atoms with Crippen molar-refractivity contribution in [2.45, 2.75) is 12.8 Å². The fourth-order valence-corrected chi connectivity index (χ4v) is 2.52. The molecule has 6 heteroatoms. The fourth-order valence-electron chi connectivity index (χ4n) is 2.20. The predicted molar refractivity (Wildman–Crippen MR) is 83.0 cm³/mol. The molecule has 1 atom stereocenters. The molecule has 0 radical (unpaired) electrons. The number of ether oxygens (including phenoxy) is 1. The van der Waals surface area contributed by atoms with Crippen molar-refractivity contribution < 1.29 is 9.53 Å². The Kier molecular flexibility index (Phi) is 5.20. The molecule has 2 rings (SSSR count). The monoisotopic (exact) mass is 312 g/mol. The second-order valence-electron chi connectivity index (χ2n) is 4.82. The number of likely N-dealkylation sites (tertiary alicyclic amines) is 1. The Bertz CT molecular complexity index is 492. The molecule has 1 amide bonds. The van der Waals surface area contributed by atoms with Crippen LogP contribution in [0.1, 0.15) is 12.8 Å². The number of rotatable bonds is 4. The van der Waals surface area contributed by atoms with Crippen LogP contribution in [0, 0.1) is 5.92 Å². The minimum absolute atomic E-state index is 0.0195. The third-order valence-corrected chi connectivity index (χ3v) is 3.94. The molecule has 4 nitrogen and oxygen atoms in total. The van der Waals surface area contributed by atoms with E-state index in [0.29, 0.717) is 22.3 Å². The topological polar surface area (TPSA) is 55.6 Å². The van der Waals surface area contributed by atoms with E-state index in [0.717, 1.165) is 19.4 Å². The molecule has 0 aromatic heterocycles. The van der Waals surface area contributed by atoms with Crippen molar-refractivity contribution in [3.8, 4) is 5.75 Å². The number of amides is 1. The van der Waals surface area contributed by atoms with Gasteiger partial charge in [0.25, 0.3) is 5.91 Å². The van der Waals surface area contributed by atoms with E-state index in [-0.39, 0.29) is 18.4 Å². The van der Waals surface area contributed by atoms with Crippen LogP contribution in [0.15, 0.2) is 24.3 Å². The van der Waals surface area contributed by atoms with Crippen LogP contribution in [-0.2, 0) is 4.79 Å². The van der Waals surface area contributed by atoms with Crippen LogP contribution >= 0.6 is 23.8 Å². The van der Waals surface area contributed by atoms with Gasteiger partial charge in [-0.15, -0.1) is 0 Å². The molecule has 0 aliphatic carbocycles. The maximum Gasteiger partial charge on any atom is 0.260 e. The highest BCUT2D eigenvalue weighted by Gasteiger charge is 2.25. The first-order valence-electron chi connectivity index (χ1n) is 6.51. The maximum atomic E-state index is 12.1. The molecular weight excluding hydrogens is 296 g/mol. The first kappa shape index (κ1) is 15.1. The number of carbonyl (C=O) groups is 1. The number of hydrogen-bond acceptors (Lipinski definition) is 3. The van der Waals surface area contributed by atoms with E-state index < -0.39 is 0 Å². The van der Waals surface area contributed by atoms with Crippen LogP contribution in [-0.4, -0.2) is 35.5 Å². The number of piperidine rings is 1. The van der Waals surface area contributed by atoms with Crippen LogP contribution in [0.5, 0.6) is 5.75 Å². The van der Waals surface area contributed by atoms with Gasteiger partial charge in [0.1, 0.15) is 5.75 Å². The summed E-state index contributed by atoms with van der Waals surface area (Å²) in [5.41, 5.74) is 5.66. The molecule has 108 valence electrons. The molecule has 2 N–H and O–H groups in total. The number of carbonyl (C=O) groups excluding carboxylic acids is 1. The summed E-state index contributed by atoms with van der Waals surface area (Å²) < 4.78 is 5.46. The molecule has 1 unspecified atom stereocenters. The van der Waals surface area contributed by atoms with Crippen LogP contribution in [0.2, 0.25) is 5.02 Å². The van der Waals surface area contributed by atoms with E-state index in [2.05, 4.69) is 0 Å². The molecule has 1 aromatic rings. The molecule has 1 aliphatic rings. The molecule has 1 heterocycles. The van der Waals surface area contributed by atoms with E-state index >= 15 is 0 Å². The van der Waals surface area contributed by atoms with Gasteiger partial charge in [-0.2, -0.15) is 0 Å². The number of thiocarbonyl (C=S) groups is 1. The zero-order valence-electron chi connectivity index (χ0n) is 11.0. The smallest absolute Gasteiger partial charge is 0.260 e. The second-order valence-corrected chi connectivity index (χ2v) is 5.73. The Morgan fingerprint density at radius 2 is 2.15 bits per heavy atom. The minimum atomic E-state index is -0.0408. The molecule has 1 fully saturated rings. The largest absolute Gasteiger partial charge is 0.484 e. The van der Waals surface area contributed by atoms with E-state index in [9.17, 15) is 4.79 Å². The molecule has 20 heavy (non-hydrogen) atoms. The van der Waals surface area contributed by atoms with Crippen molar-refractivity contribution in [1.29, 1.82) is 0 Å². The molecule has 0 saturated carbocycles. The summed E-state index contributed by atoms with van der Waals surface area (Å²) >= 11 is 10.8. The van der Waals surface area contributed by atoms with Crippen LogP contribution in [0.4, 0.5) is 0 Å².